The third kappa shape index (κ3) is 3.61. The van der Waals surface area contributed by atoms with Gasteiger partial charge in [0.15, 0.2) is 28.8 Å². The van der Waals surface area contributed by atoms with E-state index in [4.69, 9.17) is 21.1 Å². The molecule has 0 radical (unpaired) electrons. The molecule has 0 saturated carbocycles. The van der Waals surface area contributed by atoms with Gasteiger partial charge in [-0.3, -0.25) is 14.4 Å². The summed E-state index contributed by atoms with van der Waals surface area (Å²) in [5.74, 6) is -1.95. The summed E-state index contributed by atoms with van der Waals surface area (Å²) in [5, 5.41) is 0.237. The number of carbonyl (C=O) groups excluding carboxylic acids is 3. The zero-order valence-electron chi connectivity index (χ0n) is 23.2. The van der Waals surface area contributed by atoms with Crippen LogP contribution in [0.15, 0.2) is 91.0 Å². The second kappa shape index (κ2) is 9.92. The molecule has 4 aromatic rings. The number of hydrogen-bond donors (Lipinski definition) is 0. The number of benzene rings is 4. The Labute approximate surface area is 252 Å². The van der Waals surface area contributed by atoms with Crippen LogP contribution >= 0.6 is 11.6 Å². The molecule has 2 aliphatic heterocycles. The Morgan fingerprint density at radius 2 is 1.58 bits per heavy atom. The number of anilines is 1. The Balaban J connectivity index is 1.60. The first-order valence-electron chi connectivity index (χ1n) is 13.8. The number of halogens is 2. The molecule has 1 fully saturated rings. The minimum Gasteiger partial charge on any atom is -0.493 e. The van der Waals surface area contributed by atoms with Crippen LogP contribution in [-0.2, 0) is 0 Å². The highest BCUT2D eigenvalue weighted by atomic mass is 35.5. The van der Waals surface area contributed by atoms with Crippen molar-refractivity contribution in [2.45, 2.75) is 18.0 Å². The second-order valence-corrected chi connectivity index (χ2v) is 11.2. The van der Waals surface area contributed by atoms with Gasteiger partial charge in [-0.25, -0.2) is 4.39 Å². The van der Waals surface area contributed by atoms with Crippen molar-refractivity contribution >= 4 is 40.7 Å². The van der Waals surface area contributed by atoms with Gasteiger partial charge in [-0.15, -0.1) is 0 Å². The molecule has 6 nitrogen and oxygen atoms in total. The maximum Gasteiger partial charge on any atom is 0.187 e. The first kappa shape index (κ1) is 27.1. The summed E-state index contributed by atoms with van der Waals surface area (Å²) < 4.78 is 25.9. The summed E-state index contributed by atoms with van der Waals surface area (Å²) in [6.07, 6.45) is 3.45. The van der Waals surface area contributed by atoms with Crippen LogP contribution in [0.5, 0.6) is 11.5 Å². The van der Waals surface area contributed by atoms with Gasteiger partial charge in [0.05, 0.1) is 25.3 Å². The maximum absolute atomic E-state index is 14.8. The summed E-state index contributed by atoms with van der Waals surface area (Å²) in [4.78, 5) is 46.3. The number of ketones is 3. The van der Waals surface area contributed by atoms with Crippen molar-refractivity contribution in [2.24, 2.45) is 5.41 Å². The first-order valence-corrected chi connectivity index (χ1v) is 14.2. The highest BCUT2D eigenvalue weighted by molar-refractivity contribution is 6.35. The molecule has 2 heterocycles. The van der Waals surface area contributed by atoms with E-state index in [2.05, 4.69) is 0 Å². The number of Topliss-reactive ketones (excluding diaryl/α,β-unsaturated/α-hetero) is 3. The van der Waals surface area contributed by atoms with Crippen molar-refractivity contribution in [1.29, 1.82) is 0 Å². The largest absolute Gasteiger partial charge is 0.493 e. The Hall–Kier alpha value is -4.75. The van der Waals surface area contributed by atoms with Gasteiger partial charge in [0.1, 0.15) is 17.3 Å². The van der Waals surface area contributed by atoms with E-state index in [1.165, 1.54) is 26.4 Å². The molecular weight excluding hydrogens is 569 g/mol. The quantitative estimate of drug-likeness (QED) is 0.187. The maximum atomic E-state index is 14.8. The molecule has 0 N–H and O–H groups in total. The fourth-order valence-corrected chi connectivity index (χ4v) is 7.50. The Bertz CT molecular complexity index is 1850. The van der Waals surface area contributed by atoms with E-state index in [9.17, 15) is 18.8 Å². The van der Waals surface area contributed by atoms with E-state index in [1.807, 2.05) is 0 Å². The molecule has 1 saturated heterocycles. The number of nitrogens with zero attached hydrogens (tertiary/aromatic N) is 1. The predicted octanol–water partition coefficient (Wildman–Crippen LogP) is 6.81. The summed E-state index contributed by atoms with van der Waals surface area (Å²) in [7, 11) is 2.98. The number of methoxy groups -OCH3 is 2. The van der Waals surface area contributed by atoms with Crippen LogP contribution < -0.4 is 14.4 Å². The second-order valence-electron chi connectivity index (χ2n) is 10.8. The lowest BCUT2D eigenvalue weighted by Crippen LogP contribution is -2.48. The Kier molecular flexibility index (Phi) is 6.25. The van der Waals surface area contributed by atoms with Gasteiger partial charge in [0.2, 0.25) is 0 Å². The minimum atomic E-state index is -1.76. The van der Waals surface area contributed by atoms with Gasteiger partial charge >= 0.3 is 0 Å². The summed E-state index contributed by atoms with van der Waals surface area (Å²) in [6.45, 7) is 0. The summed E-state index contributed by atoms with van der Waals surface area (Å²) in [5.41, 5.74) is 0.593. The third-order valence-electron chi connectivity index (χ3n) is 8.94. The number of fused-ring (bicyclic) bond motifs is 5. The van der Waals surface area contributed by atoms with E-state index in [1.54, 1.807) is 89.8 Å². The molecule has 7 rings (SSSR count). The van der Waals surface area contributed by atoms with Crippen LogP contribution in [0.3, 0.4) is 0 Å². The van der Waals surface area contributed by atoms with E-state index in [0.717, 1.165) is 0 Å². The molecule has 4 aromatic carbocycles. The highest BCUT2D eigenvalue weighted by Gasteiger charge is 2.72. The van der Waals surface area contributed by atoms with Gasteiger partial charge < -0.3 is 14.4 Å². The summed E-state index contributed by atoms with van der Waals surface area (Å²) in [6, 6.07) is 20.9. The third-order valence-corrected chi connectivity index (χ3v) is 9.27. The van der Waals surface area contributed by atoms with Gasteiger partial charge in [-0.2, -0.15) is 0 Å². The van der Waals surface area contributed by atoms with Crippen molar-refractivity contribution in [3.63, 3.8) is 0 Å². The molecule has 3 atom stereocenters. The standard InChI is InChI=1S/C35H25ClFNO5/c1-42-27-13-7-11-24(32(27)43-2)29-30(31(39)23-10-5-6-12-25(23)36)38-26-16-15-20(37)18-19(26)14-17-28(38)35(29)33(40)21-8-3-4-9-22(21)34(35)41/h3-18,28-30H,1-2H3/t28?,29-,30+/m0/s1. The Morgan fingerprint density at radius 3 is 2.26 bits per heavy atom. The van der Waals surface area contributed by atoms with Gasteiger partial charge in [0.25, 0.3) is 0 Å². The predicted molar refractivity (Wildman–Crippen MR) is 161 cm³/mol. The van der Waals surface area contributed by atoms with Crippen LogP contribution in [0.2, 0.25) is 5.02 Å². The van der Waals surface area contributed by atoms with E-state index >= 15 is 0 Å². The lowest BCUT2D eigenvalue weighted by Gasteiger charge is -2.37. The van der Waals surface area contributed by atoms with E-state index < -0.39 is 29.2 Å². The molecule has 3 aliphatic rings. The van der Waals surface area contributed by atoms with E-state index in [-0.39, 0.29) is 27.9 Å². The molecule has 1 aliphatic carbocycles. The number of carbonyl (C=O) groups is 3. The fraction of sp³-hybridized carbons (Fsp3) is 0.171. The van der Waals surface area contributed by atoms with Crippen molar-refractivity contribution in [2.75, 3.05) is 19.1 Å². The number of hydrogen-bond acceptors (Lipinski definition) is 6. The average Bonchev–Trinajstić information content (AvgIpc) is 3.46. The van der Waals surface area contributed by atoms with Crippen molar-refractivity contribution < 1.29 is 28.2 Å². The Morgan fingerprint density at radius 1 is 0.884 bits per heavy atom. The topological polar surface area (TPSA) is 72.9 Å². The molecule has 0 amide bonds. The first-order chi connectivity index (χ1) is 20.8. The lowest BCUT2D eigenvalue weighted by molar-refractivity contribution is 0.0664. The smallest absolute Gasteiger partial charge is 0.187 e. The molecule has 1 unspecified atom stereocenters. The van der Waals surface area contributed by atoms with Crippen LogP contribution in [0.4, 0.5) is 10.1 Å². The zero-order chi connectivity index (χ0) is 30.0. The van der Waals surface area contributed by atoms with Crippen LogP contribution in [0, 0.1) is 11.2 Å². The van der Waals surface area contributed by atoms with Gasteiger partial charge in [-0.1, -0.05) is 72.3 Å². The molecular formula is C35H25ClFNO5. The zero-order valence-corrected chi connectivity index (χ0v) is 24.0. The summed E-state index contributed by atoms with van der Waals surface area (Å²) >= 11 is 6.59. The van der Waals surface area contributed by atoms with Gasteiger partial charge in [-0.05, 0) is 36.4 Å². The normalized spacial score (nSPS) is 21.0. The van der Waals surface area contributed by atoms with Crippen LogP contribution in [-0.4, -0.2) is 43.7 Å². The molecule has 0 aromatic heterocycles. The van der Waals surface area contributed by atoms with Crippen molar-refractivity contribution in [1.82, 2.24) is 0 Å². The molecule has 0 bridgehead atoms. The lowest BCUT2D eigenvalue weighted by atomic mass is 9.64. The van der Waals surface area contributed by atoms with Crippen LogP contribution in [0.25, 0.3) is 6.08 Å². The highest BCUT2D eigenvalue weighted by Crippen LogP contribution is 2.62. The number of ether oxygens (including phenoxy) is 2. The molecule has 214 valence electrons. The number of para-hydroxylation sites is 1. The van der Waals surface area contributed by atoms with Gasteiger partial charge in [0, 0.05) is 39.4 Å². The molecule has 8 heteroatoms. The van der Waals surface area contributed by atoms with Crippen molar-refractivity contribution in [3.05, 3.63) is 130 Å². The molecule has 43 heavy (non-hydrogen) atoms. The fourth-order valence-electron chi connectivity index (χ4n) is 7.27. The van der Waals surface area contributed by atoms with E-state index in [0.29, 0.717) is 39.4 Å². The SMILES string of the molecule is COc1cccc([C@H]2[C@H](C(=O)c3ccccc3Cl)N3c4ccc(F)cc4C=CC3C23C(=O)c2ccccc2C3=O)c1OC. The minimum absolute atomic E-state index is 0.237. The molecule has 1 spiro atoms. The monoisotopic (exact) mass is 593 g/mol. The van der Waals surface area contributed by atoms with Crippen molar-refractivity contribution in [3.8, 4) is 11.5 Å². The average molecular weight is 594 g/mol. The number of rotatable bonds is 5. The van der Waals surface area contributed by atoms with Crippen LogP contribution in [0.1, 0.15) is 48.1 Å².